The van der Waals surface area contributed by atoms with E-state index in [1.807, 2.05) is 4.90 Å². The average molecular weight is 585 g/mol. The maximum absolute atomic E-state index is 15.0. The standard InChI is InChI=1S/C25H25FN7O7P/c1-11-27-6-14(7-28-11)39-23-30-21-19(22(31-23)33-8-12-3-18(34)16(12)9-33)15-4-13(26)5-17(20(15)29-21)32(2)24(35)37-10-38-25(36)40-41/h4-7,12,16,18,34H,3,8-10,41H2,1-2H3,(H,29,30,31). The number of carbonyl (C=O) groups excluding carboxylic acids is 2. The number of benzene rings is 1. The van der Waals surface area contributed by atoms with Crippen molar-refractivity contribution in [2.45, 2.75) is 19.4 Å². The van der Waals surface area contributed by atoms with Crippen LogP contribution in [0.5, 0.6) is 11.8 Å². The molecule has 16 heteroatoms. The van der Waals surface area contributed by atoms with Crippen LogP contribution >= 0.6 is 9.47 Å². The lowest BCUT2D eigenvalue weighted by atomic mass is 9.74. The molecule has 1 saturated carbocycles. The number of aliphatic hydroxyl groups excluding tert-OH is 1. The second-order valence-corrected chi connectivity index (χ2v) is 10.1. The number of nitrogens with one attached hydrogen (secondary N) is 1. The summed E-state index contributed by atoms with van der Waals surface area (Å²) in [5, 5.41) is 11.2. The Morgan fingerprint density at radius 3 is 2.71 bits per heavy atom. The highest BCUT2D eigenvalue weighted by molar-refractivity contribution is 7.10. The number of aromatic amines is 1. The lowest BCUT2D eigenvalue weighted by molar-refractivity contribution is -0.00401. The number of hydrogen-bond donors (Lipinski definition) is 2. The molecule has 4 aromatic rings. The molecule has 2 aliphatic rings. The summed E-state index contributed by atoms with van der Waals surface area (Å²) in [5.74, 6) is 1.21. The van der Waals surface area contributed by atoms with Crippen molar-refractivity contribution in [3.63, 3.8) is 0 Å². The molecule has 3 aromatic heterocycles. The second kappa shape index (κ2) is 10.6. The maximum atomic E-state index is 15.0. The van der Waals surface area contributed by atoms with Crippen LogP contribution in [0.1, 0.15) is 12.2 Å². The summed E-state index contributed by atoms with van der Waals surface area (Å²) in [7, 11) is 3.10. The van der Waals surface area contributed by atoms with Gasteiger partial charge in [-0.3, -0.25) is 4.90 Å². The number of aromatic nitrogens is 5. The highest BCUT2D eigenvalue weighted by Crippen LogP contribution is 2.45. The Bertz CT molecular complexity index is 1650. The van der Waals surface area contributed by atoms with Gasteiger partial charge in [0, 0.05) is 31.4 Å². The van der Waals surface area contributed by atoms with Gasteiger partial charge in [-0.2, -0.15) is 9.97 Å². The van der Waals surface area contributed by atoms with Crippen LogP contribution < -0.4 is 14.5 Å². The number of amides is 1. The minimum absolute atomic E-state index is 0.0132. The van der Waals surface area contributed by atoms with Crippen LogP contribution in [-0.4, -0.2) is 75.3 Å². The average Bonchev–Trinajstić information content (AvgIpc) is 3.50. The SMILES string of the molecule is Cc1ncc(Oc2nc(N3CC4CC(O)C4C3)c3c(n2)[nH]c2c(N(C)C(=O)OCOC(=O)OP)cc(F)cc23)cn1. The number of fused-ring (bicyclic) bond motifs is 4. The first-order valence-corrected chi connectivity index (χ1v) is 13.1. The van der Waals surface area contributed by atoms with Gasteiger partial charge in [0.1, 0.15) is 23.1 Å². The van der Waals surface area contributed by atoms with Gasteiger partial charge in [0.25, 0.3) is 0 Å². The summed E-state index contributed by atoms with van der Waals surface area (Å²) in [6, 6.07) is 2.51. The zero-order valence-electron chi connectivity index (χ0n) is 21.9. The Kier molecular flexibility index (Phi) is 6.91. The fourth-order valence-electron chi connectivity index (χ4n) is 5.29. The monoisotopic (exact) mass is 585 g/mol. The number of hydrogen-bond acceptors (Lipinski definition) is 12. The number of nitrogens with zero attached hydrogens (tertiary/aromatic N) is 6. The summed E-state index contributed by atoms with van der Waals surface area (Å²) in [5.41, 5.74) is 0.876. The molecule has 14 nitrogen and oxygen atoms in total. The topological polar surface area (TPSA) is 165 Å². The zero-order chi connectivity index (χ0) is 28.8. The Balaban J connectivity index is 1.42. The van der Waals surface area contributed by atoms with Crippen molar-refractivity contribution in [2.24, 2.45) is 11.8 Å². The van der Waals surface area contributed by atoms with E-state index in [0.717, 1.165) is 11.0 Å². The number of ether oxygens (including phenoxy) is 3. The third kappa shape index (κ3) is 5.02. The first-order valence-electron chi connectivity index (χ1n) is 12.6. The van der Waals surface area contributed by atoms with E-state index < -0.39 is 24.9 Å². The van der Waals surface area contributed by atoms with Crippen molar-refractivity contribution in [3.8, 4) is 11.8 Å². The van der Waals surface area contributed by atoms with Gasteiger partial charge in [0.05, 0.1) is 44.6 Å². The molecule has 214 valence electrons. The summed E-state index contributed by atoms with van der Waals surface area (Å²) in [6.45, 7) is 2.26. The first-order chi connectivity index (χ1) is 19.7. The van der Waals surface area contributed by atoms with E-state index in [1.165, 1.54) is 25.5 Å². The van der Waals surface area contributed by atoms with Gasteiger partial charge in [-0.1, -0.05) is 0 Å². The molecule has 1 amide bonds. The summed E-state index contributed by atoms with van der Waals surface area (Å²) in [4.78, 5) is 47.6. The molecular formula is C25H25FN7O7P. The van der Waals surface area contributed by atoms with Crippen LogP contribution in [0.25, 0.3) is 21.9 Å². The third-order valence-corrected chi connectivity index (χ3v) is 7.54. The molecule has 6 rings (SSSR count). The van der Waals surface area contributed by atoms with Crippen LogP contribution in [-0.2, 0) is 14.0 Å². The molecule has 0 spiro atoms. The molecule has 1 aliphatic carbocycles. The van der Waals surface area contributed by atoms with Crippen molar-refractivity contribution >= 4 is 55.2 Å². The Morgan fingerprint density at radius 2 is 2.00 bits per heavy atom. The highest BCUT2D eigenvalue weighted by atomic mass is 31.0. The molecule has 1 aromatic carbocycles. The molecule has 1 saturated heterocycles. The second-order valence-electron chi connectivity index (χ2n) is 9.83. The number of anilines is 2. The predicted octanol–water partition coefficient (Wildman–Crippen LogP) is 3.43. The van der Waals surface area contributed by atoms with Gasteiger partial charge in [-0.25, -0.2) is 23.9 Å². The Hall–Kier alpha value is -4.36. The molecule has 41 heavy (non-hydrogen) atoms. The molecule has 4 heterocycles. The maximum Gasteiger partial charge on any atom is 0.513 e. The fraction of sp³-hybridized carbons (Fsp3) is 0.360. The van der Waals surface area contributed by atoms with Crippen molar-refractivity contribution in [1.29, 1.82) is 0 Å². The number of carbonyl (C=O) groups is 2. The van der Waals surface area contributed by atoms with E-state index >= 15 is 4.39 Å². The number of H-pyrrole nitrogens is 1. The van der Waals surface area contributed by atoms with Crippen LogP contribution in [0, 0.1) is 24.6 Å². The van der Waals surface area contributed by atoms with E-state index in [4.69, 9.17) is 14.5 Å². The normalized spacial score (nSPS) is 19.5. The highest BCUT2D eigenvalue weighted by Gasteiger charge is 2.47. The van der Waals surface area contributed by atoms with Gasteiger partial charge in [-0.05, 0) is 31.4 Å². The number of rotatable bonds is 6. The van der Waals surface area contributed by atoms with Gasteiger partial charge in [0.2, 0.25) is 6.79 Å². The van der Waals surface area contributed by atoms with Crippen molar-refractivity contribution < 1.29 is 37.8 Å². The molecule has 1 aliphatic heterocycles. The van der Waals surface area contributed by atoms with E-state index in [9.17, 15) is 14.7 Å². The minimum Gasteiger partial charge on any atom is -0.421 e. The summed E-state index contributed by atoms with van der Waals surface area (Å²) >= 11 is 0. The smallest absolute Gasteiger partial charge is 0.421 e. The molecule has 4 unspecified atom stereocenters. The van der Waals surface area contributed by atoms with Gasteiger partial charge in [0.15, 0.2) is 5.75 Å². The molecule has 0 radical (unpaired) electrons. The fourth-order valence-corrected chi connectivity index (χ4v) is 5.35. The number of aliphatic hydroxyl groups is 1. The largest absolute Gasteiger partial charge is 0.513 e. The Labute approximate surface area is 234 Å². The quantitative estimate of drug-likeness (QED) is 0.193. The van der Waals surface area contributed by atoms with Gasteiger partial charge in [-0.15, -0.1) is 0 Å². The predicted molar refractivity (Wildman–Crippen MR) is 145 cm³/mol. The number of halogens is 1. The molecule has 4 atom stereocenters. The molecule has 0 bridgehead atoms. The molecular weight excluding hydrogens is 560 g/mol. The summed E-state index contributed by atoms with van der Waals surface area (Å²) in [6.07, 6.45) is 1.37. The Morgan fingerprint density at radius 1 is 1.22 bits per heavy atom. The zero-order valence-corrected chi connectivity index (χ0v) is 23.1. The van der Waals surface area contributed by atoms with E-state index in [1.54, 1.807) is 16.4 Å². The molecule has 2 N–H and O–H groups in total. The van der Waals surface area contributed by atoms with Crippen LogP contribution in [0.15, 0.2) is 24.5 Å². The first kappa shape index (κ1) is 26.8. The van der Waals surface area contributed by atoms with Crippen LogP contribution in [0.4, 0.5) is 25.5 Å². The van der Waals surface area contributed by atoms with Crippen molar-refractivity contribution in [1.82, 2.24) is 24.9 Å². The van der Waals surface area contributed by atoms with Crippen molar-refractivity contribution in [2.75, 3.05) is 36.7 Å². The van der Waals surface area contributed by atoms with E-state index in [0.29, 0.717) is 64.8 Å². The van der Waals surface area contributed by atoms with Crippen molar-refractivity contribution in [3.05, 3.63) is 36.2 Å². The number of aryl methyl sites for hydroxylation is 1. The van der Waals surface area contributed by atoms with Crippen LogP contribution in [0.2, 0.25) is 0 Å². The lowest BCUT2D eigenvalue weighted by Gasteiger charge is -2.34. The van der Waals surface area contributed by atoms with Crippen LogP contribution in [0.3, 0.4) is 0 Å². The van der Waals surface area contributed by atoms with Gasteiger partial charge < -0.3 is 33.7 Å². The lowest BCUT2D eigenvalue weighted by Crippen LogP contribution is -2.39. The third-order valence-electron chi connectivity index (χ3n) is 7.35. The van der Waals surface area contributed by atoms with E-state index in [2.05, 4.69) is 29.2 Å². The minimum atomic E-state index is -1.06. The molecule has 2 fully saturated rings. The van der Waals surface area contributed by atoms with E-state index in [-0.39, 0.29) is 23.7 Å². The van der Waals surface area contributed by atoms with Gasteiger partial charge >= 0.3 is 18.3 Å². The summed E-state index contributed by atoms with van der Waals surface area (Å²) < 4.78 is 34.7.